The van der Waals surface area contributed by atoms with Crippen LogP contribution >= 0.6 is 0 Å². The van der Waals surface area contributed by atoms with Crippen LogP contribution in [0.1, 0.15) is 24.8 Å². The minimum atomic E-state index is -0.776. The summed E-state index contributed by atoms with van der Waals surface area (Å²) in [6.07, 6.45) is 4.44. The number of carboxylic acid groups (broad SMARTS) is 1. The van der Waals surface area contributed by atoms with Gasteiger partial charge in [-0.2, -0.15) is 4.98 Å². The highest BCUT2D eigenvalue weighted by atomic mass is 16.4. The lowest BCUT2D eigenvalue weighted by Gasteiger charge is -2.40. The van der Waals surface area contributed by atoms with Gasteiger partial charge in [-0.1, -0.05) is 30.3 Å². The molecule has 1 fully saturated rings. The van der Waals surface area contributed by atoms with Gasteiger partial charge >= 0.3 is 5.97 Å². The highest BCUT2D eigenvalue weighted by Gasteiger charge is 2.42. The third-order valence-electron chi connectivity index (χ3n) is 4.71. The SMILES string of the molecule is Nc1ccnc(N2CCC[C@](CCc3ccccc3)(C(=O)O)C2)n1. The number of nitrogen functional groups attached to an aromatic ring is 1. The Morgan fingerprint density at radius 2 is 2.08 bits per heavy atom. The van der Waals surface area contributed by atoms with Crippen LogP contribution in [0.25, 0.3) is 0 Å². The van der Waals surface area contributed by atoms with Crippen molar-refractivity contribution < 1.29 is 9.90 Å². The number of piperidine rings is 1. The summed E-state index contributed by atoms with van der Waals surface area (Å²) in [6, 6.07) is 11.6. The van der Waals surface area contributed by atoms with Gasteiger partial charge in [0, 0.05) is 19.3 Å². The van der Waals surface area contributed by atoms with Gasteiger partial charge in [0.2, 0.25) is 5.95 Å². The fourth-order valence-corrected chi connectivity index (χ4v) is 3.33. The number of anilines is 2. The molecule has 1 aliphatic rings. The molecule has 2 aromatic rings. The van der Waals surface area contributed by atoms with E-state index in [-0.39, 0.29) is 0 Å². The average Bonchev–Trinajstić information content (AvgIpc) is 2.61. The van der Waals surface area contributed by atoms with E-state index in [0.717, 1.165) is 24.9 Å². The number of nitrogens with zero attached hydrogens (tertiary/aromatic N) is 3. The Kier molecular flexibility index (Phi) is 4.64. The van der Waals surface area contributed by atoms with Crippen molar-refractivity contribution in [2.75, 3.05) is 23.7 Å². The third kappa shape index (κ3) is 3.48. The van der Waals surface area contributed by atoms with E-state index in [2.05, 4.69) is 9.97 Å². The molecule has 2 heterocycles. The van der Waals surface area contributed by atoms with Crippen molar-refractivity contribution in [1.29, 1.82) is 0 Å². The van der Waals surface area contributed by atoms with Crippen molar-refractivity contribution in [3.8, 4) is 0 Å². The molecule has 1 atom stereocenters. The number of hydrogen-bond donors (Lipinski definition) is 2. The van der Waals surface area contributed by atoms with Gasteiger partial charge in [0.1, 0.15) is 5.82 Å². The summed E-state index contributed by atoms with van der Waals surface area (Å²) in [5.74, 6) is 0.169. The van der Waals surface area contributed by atoms with E-state index in [1.165, 1.54) is 0 Å². The molecular formula is C18H22N4O2. The molecule has 126 valence electrons. The molecule has 6 heteroatoms. The first-order chi connectivity index (χ1) is 11.6. The van der Waals surface area contributed by atoms with Gasteiger partial charge in [-0.15, -0.1) is 0 Å². The van der Waals surface area contributed by atoms with Crippen LogP contribution in [0, 0.1) is 5.41 Å². The Morgan fingerprint density at radius 1 is 1.29 bits per heavy atom. The van der Waals surface area contributed by atoms with Crippen molar-refractivity contribution in [2.45, 2.75) is 25.7 Å². The second-order valence-electron chi connectivity index (χ2n) is 6.38. The summed E-state index contributed by atoms with van der Waals surface area (Å²) in [6.45, 7) is 1.17. The van der Waals surface area contributed by atoms with E-state index in [1.807, 2.05) is 35.2 Å². The topological polar surface area (TPSA) is 92.3 Å². The molecule has 0 saturated carbocycles. The van der Waals surface area contributed by atoms with E-state index in [0.29, 0.717) is 31.2 Å². The predicted molar refractivity (Wildman–Crippen MR) is 92.7 cm³/mol. The van der Waals surface area contributed by atoms with Gasteiger partial charge in [-0.3, -0.25) is 4.79 Å². The molecule has 0 amide bonds. The molecule has 1 aromatic carbocycles. The molecule has 0 aliphatic carbocycles. The Morgan fingerprint density at radius 3 is 2.79 bits per heavy atom. The summed E-state index contributed by atoms with van der Waals surface area (Å²) in [7, 11) is 0. The molecule has 0 spiro atoms. The zero-order valence-corrected chi connectivity index (χ0v) is 13.6. The normalized spacial score (nSPS) is 20.8. The first kappa shape index (κ1) is 16.2. The molecule has 24 heavy (non-hydrogen) atoms. The molecule has 3 N–H and O–H groups in total. The van der Waals surface area contributed by atoms with Crippen LogP contribution in [0.4, 0.5) is 11.8 Å². The Hall–Kier alpha value is -2.63. The van der Waals surface area contributed by atoms with Crippen LogP contribution in [0.15, 0.2) is 42.6 Å². The van der Waals surface area contributed by atoms with Gasteiger partial charge < -0.3 is 15.7 Å². The van der Waals surface area contributed by atoms with E-state index in [1.54, 1.807) is 12.3 Å². The van der Waals surface area contributed by atoms with Crippen LogP contribution in [0.3, 0.4) is 0 Å². The Bertz CT molecular complexity index is 707. The smallest absolute Gasteiger partial charge is 0.311 e. The van der Waals surface area contributed by atoms with Gasteiger partial charge in [-0.25, -0.2) is 4.98 Å². The number of nitrogens with two attached hydrogens (primary N) is 1. The quantitative estimate of drug-likeness (QED) is 0.876. The number of aliphatic carboxylic acids is 1. The molecule has 0 radical (unpaired) electrons. The van der Waals surface area contributed by atoms with Crippen LogP contribution in [0.5, 0.6) is 0 Å². The second-order valence-corrected chi connectivity index (χ2v) is 6.38. The van der Waals surface area contributed by atoms with Gasteiger partial charge in [0.05, 0.1) is 5.41 Å². The van der Waals surface area contributed by atoms with Crippen molar-refractivity contribution in [2.24, 2.45) is 5.41 Å². The number of carboxylic acids is 1. The molecular weight excluding hydrogens is 304 g/mol. The van der Waals surface area contributed by atoms with Gasteiger partial charge in [-0.05, 0) is 37.3 Å². The summed E-state index contributed by atoms with van der Waals surface area (Å²) in [4.78, 5) is 22.5. The lowest BCUT2D eigenvalue weighted by atomic mass is 9.75. The zero-order chi connectivity index (χ0) is 17.0. The first-order valence-corrected chi connectivity index (χ1v) is 8.20. The highest BCUT2D eigenvalue weighted by Crippen LogP contribution is 2.36. The zero-order valence-electron chi connectivity index (χ0n) is 13.6. The van der Waals surface area contributed by atoms with Crippen LogP contribution in [-0.4, -0.2) is 34.1 Å². The Labute approximate surface area is 141 Å². The standard InChI is InChI=1S/C18H22N4O2/c19-15-8-11-20-17(21-15)22-12-4-9-18(13-22,16(23)24)10-7-14-5-2-1-3-6-14/h1-3,5-6,8,11H,4,7,9-10,12-13H2,(H,23,24)(H2,19,20,21)/t18-/m1/s1. The maximum absolute atomic E-state index is 12.0. The van der Waals surface area contributed by atoms with E-state index >= 15 is 0 Å². The highest BCUT2D eigenvalue weighted by molar-refractivity contribution is 5.76. The number of hydrogen-bond acceptors (Lipinski definition) is 5. The summed E-state index contributed by atoms with van der Waals surface area (Å²) in [5, 5.41) is 9.89. The fourth-order valence-electron chi connectivity index (χ4n) is 3.33. The van der Waals surface area contributed by atoms with Crippen LogP contribution in [0.2, 0.25) is 0 Å². The second kappa shape index (κ2) is 6.86. The largest absolute Gasteiger partial charge is 0.481 e. The molecule has 1 saturated heterocycles. The number of aromatic nitrogens is 2. The maximum atomic E-state index is 12.0. The summed E-state index contributed by atoms with van der Waals surface area (Å²) in [5.41, 5.74) is 6.12. The van der Waals surface area contributed by atoms with Gasteiger partial charge in [0.25, 0.3) is 0 Å². The summed E-state index contributed by atoms with van der Waals surface area (Å²) < 4.78 is 0. The molecule has 1 aliphatic heterocycles. The molecule has 3 rings (SSSR count). The minimum Gasteiger partial charge on any atom is -0.481 e. The monoisotopic (exact) mass is 326 g/mol. The predicted octanol–water partition coefficient (Wildman–Crippen LogP) is 2.36. The molecule has 1 aromatic heterocycles. The lowest BCUT2D eigenvalue weighted by molar-refractivity contribution is -0.150. The number of aryl methyl sites for hydroxylation is 1. The molecule has 0 unspecified atom stereocenters. The van der Waals surface area contributed by atoms with Crippen molar-refractivity contribution in [3.05, 3.63) is 48.2 Å². The first-order valence-electron chi connectivity index (χ1n) is 8.20. The van der Waals surface area contributed by atoms with E-state index < -0.39 is 11.4 Å². The maximum Gasteiger partial charge on any atom is 0.311 e. The van der Waals surface area contributed by atoms with E-state index in [4.69, 9.17) is 5.73 Å². The lowest BCUT2D eigenvalue weighted by Crippen LogP contribution is -2.48. The molecule has 6 nitrogen and oxygen atoms in total. The minimum absolute atomic E-state index is 0.399. The van der Waals surface area contributed by atoms with Crippen LogP contribution < -0.4 is 10.6 Å². The average molecular weight is 326 g/mol. The van der Waals surface area contributed by atoms with Gasteiger partial charge in [0.15, 0.2) is 0 Å². The fraction of sp³-hybridized carbons (Fsp3) is 0.389. The number of benzene rings is 1. The number of carbonyl (C=O) groups is 1. The Balaban J connectivity index is 1.77. The van der Waals surface area contributed by atoms with Crippen molar-refractivity contribution >= 4 is 17.7 Å². The van der Waals surface area contributed by atoms with E-state index in [9.17, 15) is 9.90 Å². The number of rotatable bonds is 5. The third-order valence-corrected chi connectivity index (χ3v) is 4.71. The van der Waals surface area contributed by atoms with Crippen LogP contribution in [-0.2, 0) is 11.2 Å². The summed E-state index contributed by atoms with van der Waals surface area (Å²) >= 11 is 0. The van der Waals surface area contributed by atoms with Crippen molar-refractivity contribution in [3.63, 3.8) is 0 Å². The molecule has 0 bridgehead atoms. The van der Waals surface area contributed by atoms with Crippen molar-refractivity contribution in [1.82, 2.24) is 9.97 Å².